The molecule has 3 rings (SSSR count). The van der Waals surface area contributed by atoms with E-state index >= 15 is 0 Å². The van der Waals surface area contributed by atoms with Crippen LogP contribution in [0.1, 0.15) is 16.2 Å². The number of rotatable bonds is 2. The lowest BCUT2D eigenvalue weighted by Crippen LogP contribution is -2.14. The lowest BCUT2D eigenvalue weighted by atomic mass is 10.2. The Labute approximate surface area is 130 Å². The molecule has 0 bridgehead atoms. The second-order valence-corrected chi connectivity index (χ2v) is 5.56. The van der Waals surface area contributed by atoms with Crippen molar-refractivity contribution in [3.8, 4) is 0 Å². The molecule has 1 aromatic carbocycles. The van der Waals surface area contributed by atoms with Gasteiger partial charge in [0.2, 0.25) is 0 Å². The Morgan fingerprint density at radius 1 is 1.24 bits per heavy atom. The molecular formula is C15H13BrN4O. The molecule has 0 unspecified atom stereocenters. The Hall–Kier alpha value is -2.21. The van der Waals surface area contributed by atoms with Crippen molar-refractivity contribution < 1.29 is 4.79 Å². The molecule has 0 spiro atoms. The van der Waals surface area contributed by atoms with Crippen LogP contribution >= 0.6 is 15.9 Å². The van der Waals surface area contributed by atoms with Crippen molar-refractivity contribution in [3.63, 3.8) is 0 Å². The number of hydrogen-bond donors (Lipinski definition) is 1. The third-order valence-electron chi connectivity index (χ3n) is 3.24. The largest absolute Gasteiger partial charge is 0.305 e. The van der Waals surface area contributed by atoms with Gasteiger partial charge in [0.05, 0.1) is 11.2 Å². The highest BCUT2D eigenvalue weighted by Gasteiger charge is 2.16. The van der Waals surface area contributed by atoms with Crippen molar-refractivity contribution in [1.82, 2.24) is 14.8 Å². The summed E-state index contributed by atoms with van der Waals surface area (Å²) in [5.41, 5.74) is 2.14. The smallest absolute Gasteiger partial charge is 0.277 e. The first-order valence-corrected chi connectivity index (χ1v) is 7.22. The van der Waals surface area contributed by atoms with Gasteiger partial charge in [0, 0.05) is 16.9 Å². The zero-order valence-electron chi connectivity index (χ0n) is 11.6. The van der Waals surface area contributed by atoms with Crippen LogP contribution < -0.4 is 5.32 Å². The summed E-state index contributed by atoms with van der Waals surface area (Å²) in [6.07, 6.45) is 0. The lowest BCUT2D eigenvalue weighted by Gasteiger charge is -2.04. The van der Waals surface area contributed by atoms with Gasteiger partial charge in [-0.15, -0.1) is 0 Å². The fraction of sp³-hybridized carbons (Fsp3) is 0.133. The molecule has 5 nitrogen and oxygen atoms in total. The Balaban J connectivity index is 1.95. The standard InChI is InChI=1S/C15H13BrN4O/c1-9-11(16)7-8-13(17-9)18-15(21)14-10-5-3-4-6-12(10)20(2)19-14/h3-8H,1-2H3,(H,17,18,21). The third kappa shape index (κ3) is 2.54. The number of amides is 1. The number of pyridine rings is 1. The highest BCUT2D eigenvalue weighted by molar-refractivity contribution is 9.10. The van der Waals surface area contributed by atoms with E-state index in [2.05, 4.69) is 31.3 Å². The van der Waals surface area contributed by atoms with Gasteiger partial charge in [-0.25, -0.2) is 4.98 Å². The molecule has 1 N–H and O–H groups in total. The van der Waals surface area contributed by atoms with E-state index in [1.165, 1.54) is 0 Å². The Morgan fingerprint density at radius 3 is 2.76 bits per heavy atom. The summed E-state index contributed by atoms with van der Waals surface area (Å²) < 4.78 is 2.61. The maximum absolute atomic E-state index is 12.4. The molecule has 0 saturated carbocycles. The highest BCUT2D eigenvalue weighted by atomic mass is 79.9. The zero-order chi connectivity index (χ0) is 15.0. The molecule has 106 valence electrons. The van der Waals surface area contributed by atoms with Crippen molar-refractivity contribution in [2.75, 3.05) is 5.32 Å². The van der Waals surface area contributed by atoms with Crippen LogP contribution in [0.2, 0.25) is 0 Å². The first kappa shape index (κ1) is 13.8. The first-order valence-electron chi connectivity index (χ1n) is 6.42. The number of nitrogens with one attached hydrogen (secondary N) is 1. The zero-order valence-corrected chi connectivity index (χ0v) is 13.2. The molecule has 0 aliphatic carbocycles. The number of nitrogens with zero attached hydrogens (tertiary/aromatic N) is 3. The van der Waals surface area contributed by atoms with Crippen LogP contribution in [0.4, 0.5) is 5.82 Å². The maximum atomic E-state index is 12.4. The first-order chi connectivity index (χ1) is 10.1. The quantitative estimate of drug-likeness (QED) is 0.775. The van der Waals surface area contributed by atoms with Crippen LogP contribution in [0.25, 0.3) is 10.9 Å². The molecule has 6 heteroatoms. The Bertz CT molecular complexity index is 841. The number of aromatic nitrogens is 3. The van der Waals surface area contributed by atoms with E-state index < -0.39 is 0 Å². The molecule has 0 saturated heterocycles. The fourth-order valence-electron chi connectivity index (χ4n) is 2.17. The maximum Gasteiger partial charge on any atom is 0.277 e. The van der Waals surface area contributed by atoms with Gasteiger partial charge in [-0.2, -0.15) is 5.10 Å². The summed E-state index contributed by atoms with van der Waals surface area (Å²) in [4.78, 5) is 16.7. The van der Waals surface area contributed by atoms with Gasteiger partial charge in [-0.05, 0) is 41.1 Å². The molecule has 0 aliphatic rings. The molecule has 0 aliphatic heterocycles. The minimum atomic E-state index is -0.263. The van der Waals surface area contributed by atoms with Gasteiger partial charge in [0.15, 0.2) is 5.69 Å². The van der Waals surface area contributed by atoms with E-state index in [4.69, 9.17) is 0 Å². The van der Waals surface area contributed by atoms with Gasteiger partial charge in [0.25, 0.3) is 5.91 Å². The number of carbonyl (C=O) groups is 1. The molecule has 2 aromatic heterocycles. The van der Waals surface area contributed by atoms with Crippen molar-refractivity contribution in [1.29, 1.82) is 0 Å². The van der Waals surface area contributed by atoms with Crippen molar-refractivity contribution in [2.45, 2.75) is 6.92 Å². The summed E-state index contributed by atoms with van der Waals surface area (Å²) in [6.45, 7) is 1.87. The number of halogens is 1. The molecule has 2 heterocycles. The fourth-order valence-corrected chi connectivity index (χ4v) is 2.39. The summed E-state index contributed by atoms with van der Waals surface area (Å²) in [7, 11) is 1.82. The number of carbonyl (C=O) groups excluding carboxylic acids is 1. The van der Waals surface area contributed by atoms with Crippen LogP contribution in [-0.2, 0) is 7.05 Å². The average molecular weight is 345 g/mol. The molecule has 0 atom stereocenters. The number of para-hydroxylation sites is 1. The van der Waals surface area contributed by atoms with E-state index in [1.54, 1.807) is 10.7 Å². The minimum absolute atomic E-state index is 0.263. The van der Waals surface area contributed by atoms with Crippen LogP contribution in [-0.4, -0.2) is 20.7 Å². The van der Waals surface area contributed by atoms with Gasteiger partial charge in [-0.1, -0.05) is 18.2 Å². The second kappa shape index (κ2) is 5.29. The molecule has 21 heavy (non-hydrogen) atoms. The van der Waals surface area contributed by atoms with Crippen LogP contribution in [0, 0.1) is 6.92 Å². The minimum Gasteiger partial charge on any atom is -0.305 e. The number of anilines is 1. The topological polar surface area (TPSA) is 59.8 Å². The number of fused-ring (bicyclic) bond motifs is 1. The molecule has 3 aromatic rings. The van der Waals surface area contributed by atoms with Crippen LogP contribution in [0.15, 0.2) is 40.9 Å². The molecular weight excluding hydrogens is 332 g/mol. The number of aryl methyl sites for hydroxylation is 2. The highest BCUT2D eigenvalue weighted by Crippen LogP contribution is 2.20. The molecule has 0 fully saturated rings. The van der Waals surface area contributed by atoms with Gasteiger partial charge >= 0.3 is 0 Å². The number of hydrogen-bond acceptors (Lipinski definition) is 3. The van der Waals surface area contributed by atoms with Crippen molar-refractivity contribution >= 4 is 38.6 Å². The summed E-state index contributed by atoms with van der Waals surface area (Å²) in [6, 6.07) is 11.2. The van der Waals surface area contributed by atoms with Gasteiger partial charge in [0.1, 0.15) is 5.82 Å². The Kier molecular flexibility index (Phi) is 3.47. The third-order valence-corrected chi connectivity index (χ3v) is 4.07. The van der Waals surface area contributed by atoms with E-state index in [9.17, 15) is 4.79 Å². The second-order valence-electron chi connectivity index (χ2n) is 4.71. The SMILES string of the molecule is Cc1nc(NC(=O)c2nn(C)c3ccccc23)ccc1Br. The molecule has 1 amide bonds. The number of benzene rings is 1. The van der Waals surface area contributed by atoms with E-state index in [1.807, 2.05) is 44.3 Å². The normalized spacial score (nSPS) is 10.8. The van der Waals surface area contributed by atoms with Gasteiger partial charge in [-0.3, -0.25) is 9.48 Å². The van der Waals surface area contributed by atoms with Crippen molar-refractivity contribution in [3.05, 3.63) is 52.3 Å². The molecule has 0 radical (unpaired) electrons. The van der Waals surface area contributed by atoms with E-state index in [-0.39, 0.29) is 5.91 Å². The van der Waals surface area contributed by atoms with Gasteiger partial charge < -0.3 is 5.32 Å². The predicted octanol–water partition coefficient (Wildman–Crippen LogP) is 3.29. The predicted molar refractivity (Wildman–Crippen MR) is 85.3 cm³/mol. The van der Waals surface area contributed by atoms with E-state index in [0.29, 0.717) is 11.5 Å². The average Bonchev–Trinajstić information content (AvgIpc) is 2.81. The van der Waals surface area contributed by atoms with Crippen LogP contribution in [0.5, 0.6) is 0 Å². The van der Waals surface area contributed by atoms with Crippen LogP contribution in [0.3, 0.4) is 0 Å². The van der Waals surface area contributed by atoms with E-state index in [0.717, 1.165) is 21.1 Å². The lowest BCUT2D eigenvalue weighted by molar-refractivity contribution is 0.102. The summed E-state index contributed by atoms with van der Waals surface area (Å²) in [5.74, 6) is 0.247. The summed E-state index contributed by atoms with van der Waals surface area (Å²) >= 11 is 3.39. The Morgan fingerprint density at radius 2 is 2.00 bits per heavy atom. The monoisotopic (exact) mass is 344 g/mol. The summed E-state index contributed by atoms with van der Waals surface area (Å²) in [5, 5.41) is 7.90. The van der Waals surface area contributed by atoms with Crippen molar-refractivity contribution in [2.24, 2.45) is 7.05 Å².